The summed E-state index contributed by atoms with van der Waals surface area (Å²) in [4.78, 5) is 20.8. The minimum Gasteiger partial charge on any atom is -0.354 e. The zero-order valence-electron chi connectivity index (χ0n) is 18.9. The van der Waals surface area contributed by atoms with Gasteiger partial charge < -0.3 is 15.5 Å². The summed E-state index contributed by atoms with van der Waals surface area (Å²) in [6.45, 7) is 5.17. The molecule has 6 heteroatoms. The molecule has 1 aliphatic rings. The van der Waals surface area contributed by atoms with Crippen LogP contribution in [0.5, 0.6) is 0 Å². The molecular weight excluding hydrogens is 386 g/mol. The van der Waals surface area contributed by atoms with Crippen molar-refractivity contribution in [2.45, 2.75) is 31.8 Å². The van der Waals surface area contributed by atoms with Crippen LogP contribution >= 0.6 is 0 Å². The highest BCUT2D eigenvalue weighted by Crippen LogP contribution is 2.24. The molecule has 1 fully saturated rings. The predicted octanol–water partition coefficient (Wildman–Crippen LogP) is 3.21. The number of amides is 1. The van der Waals surface area contributed by atoms with Crippen LogP contribution in [0.25, 0.3) is 0 Å². The van der Waals surface area contributed by atoms with Gasteiger partial charge >= 0.3 is 0 Å². The molecule has 1 heterocycles. The average molecular weight is 422 g/mol. The third-order valence-electron chi connectivity index (χ3n) is 5.75. The molecule has 0 aromatic heterocycles. The van der Waals surface area contributed by atoms with Crippen molar-refractivity contribution in [3.63, 3.8) is 0 Å². The van der Waals surface area contributed by atoms with E-state index in [2.05, 4.69) is 69.9 Å². The van der Waals surface area contributed by atoms with Gasteiger partial charge in [0.25, 0.3) is 0 Å². The van der Waals surface area contributed by atoms with Gasteiger partial charge in [-0.25, -0.2) is 4.99 Å². The van der Waals surface area contributed by atoms with Crippen LogP contribution in [0.2, 0.25) is 0 Å². The lowest BCUT2D eigenvalue weighted by Crippen LogP contribution is -2.44. The highest BCUT2D eigenvalue weighted by Gasteiger charge is 2.23. The maximum absolute atomic E-state index is 12.1. The summed E-state index contributed by atoms with van der Waals surface area (Å²) in [5.41, 5.74) is 2.48. The Hall–Kier alpha value is -2.86. The Labute approximate surface area is 186 Å². The number of benzene rings is 2. The minimum atomic E-state index is -0.0207. The second-order valence-corrected chi connectivity index (χ2v) is 8.28. The van der Waals surface area contributed by atoms with Gasteiger partial charge in [-0.2, -0.15) is 0 Å². The number of hydrogen-bond donors (Lipinski definition) is 2. The van der Waals surface area contributed by atoms with Crippen molar-refractivity contribution >= 4 is 11.9 Å². The summed E-state index contributed by atoms with van der Waals surface area (Å²) < 4.78 is 0. The number of hydrogen-bond acceptors (Lipinski definition) is 3. The van der Waals surface area contributed by atoms with Crippen molar-refractivity contribution in [2.24, 2.45) is 4.99 Å². The first-order chi connectivity index (χ1) is 15.0. The lowest BCUT2D eigenvalue weighted by atomic mass is 10.1. The van der Waals surface area contributed by atoms with Gasteiger partial charge in [-0.3, -0.25) is 9.69 Å². The molecule has 0 aliphatic carbocycles. The Kier molecular flexibility index (Phi) is 8.47. The molecule has 0 spiro atoms. The van der Waals surface area contributed by atoms with Crippen LogP contribution in [0, 0.1) is 0 Å². The van der Waals surface area contributed by atoms with Crippen molar-refractivity contribution < 1.29 is 4.79 Å². The summed E-state index contributed by atoms with van der Waals surface area (Å²) in [5, 5.41) is 6.99. The molecule has 2 aromatic rings. The van der Waals surface area contributed by atoms with Crippen molar-refractivity contribution in [2.75, 3.05) is 40.3 Å². The van der Waals surface area contributed by atoms with E-state index < -0.39 is 0 Å². The van der Waals surface area contributed by atoms with Crippen molar-refractivity contribution in [1.82, 2.24) is 20.4 Å². The largest absolute Gasteiger partial charge is 0.354 e. The molecule has 1 saturated heterocycles. The number of nitrogens with one attached hydrogen (secondary N) is 2. The summed E-state index contributed by atoms with van der Waals surface area (Å²) in [7, 11) is 3.51. The summed E-state index contributed by atoms with van der Waals surface area (Å²) in [6.07, 6.45) is 2.48. The smallest absolute Gasteiger partial charge is 0.243 e. The molecule has 2 aromatic carbocycles. The van der Waals surface area contributed by atoms with E-state index in [1.807, 2.05) is 18.2 Å². The monoisotopic (exact) mass is 421 g/mol. The van der Waals surface area contributed by atoms with Gasteiger partial charge in [0.15, 0.2) is 5.96 Å². The highest BCUT2D eigenvalue weighted by molar-refractivity contribution is 5.85. The Morgan fingerprint density at radius 2 is 1.58 bits per heavy atom. The number of carbonyl (C=O) groups is 1. The van der Waals surface area contributed by atoms with Crippen molar-refractivity contribution in [3.05, 3.63) is 71.8 Å². The Bertz CT molecular complexity index is 832. The number of rotatable bonds is 8. The predicted molar refractivity (Wildman–Crippen MR) is 127 cm³/mol. The van der Waals surface area contributed by atoms with Crippen molar-refractivity contribution in [1.29, 1.82) is 0 Å². The van der Waals surface area contributed by atoms with Gasteiger partial charge in [0.1, 0.15) is 6.54 Å². The van der Waals surface area contributed by atoms with Crippen LogP contribution in [0.15, 0.2) is 65.7 Å². The summed E-state index contributed by atoms with van der Waals surface area (Å²) in [6, 6.07) is 21.2. The van der Waals surface area contributed by atoms with E-state index in [0.29, 0.717) is 5.96 Å². The molecule has 1 amide bonds. The summed E-state index contributed by atoms with van der Waals surface area (Å²) >= 11 is 0. The minimum absolute atomic E-state index is 0.0207. The van der Waals surface area contributed by atoms with Gasteiger partial charge in [0.05, 0.1) is 12.1 Å². The Balaban J connectivity index is 1.74. The lowest BCUT2D eigenvalue weighted by molar-refractivity contribution is -0.127. The van der Waals surface area contributed by atoms with Gasteiger partial charge in [-0.05, 0) is 44.0 Å². The molecule has 31 heavy (non-hydrogen) atoms. The van der Waals surface area contributed by atoms with E-state index in [9.17, 15) is 4.79 Å². The number of nitrogens with zero attached hydrogens (tertiary/aromatic N) is 3. The molecule has 0 bridgehead atoms. The number of carbonyl (C=O) groups excluding carboxylic acids is 1. The quantitative estimate of drug-likeness (QED) is 0.508. The van der Waals surface area contributed by atoms with Gasteiger partial charge in [-0.15, -0.1) is 0 Å². The first-order valence-corrected chi connectivity index (χ1v) is 11.1. The van der Waals surface area contributed by atoms with E-state index in [-0.39, 0.29) is 24.5 Å². The fourth-order valence-electron chi connectivity index (χ4n) is 3.85. The zero-order valence-corrected chi connectivity index (χ0v) is 18.9. The van der Waals surface area contributed by atoms with Crippen LogP contribution in [0.3, 0.4) is 0 Å². The Morgan fingerprint density at radius 1 is 1.00 bits per heavy atom. The van der Waals surface area contributed by atoms with Crippen LogP contribution in [-0.2, 0) is 4.79 Å². The molecule has 2 N–H and O–H groups in total. The van der Waals surface area contributed by atoms with E-state index in [1.165, 1.54) is 24.0 Å². The van der Waals surface area contributed by atoms with Crippen molar-refractivity contribution in [3.8, 4) is 0 Å². The number of aliphatic imine (C=N–C) groups is 1. The molecule has 3 rings (SSSR count). The van der Waals surface area contributed by atoms with Crippen LogP contribution < -0.4 is 10.6 Å². The lowest BCUT2D eigenvalue weighted by Gasteiger charge is -2.29. The molecule has 2 unspecified atom stereocenters. The molecule has 166 valence electrons. The molecule has 1 aliphatic heterocycles. The number of guanidine groups is 1. The third kappa shape index (κ3) is 6.82. The molecule has 6 nitrogen and oxygen atoms in total. The standard InChI is InChI=1S/C25H35N5O/c1-20(21-12-6-4-7-13-21)28-25(27-19-24(31)29(2)3)26-18-23(30-16-10-11-17-30)22-14-8-5-9-15-22/h4-9,12-15,20,23H,10-11,16-19H2,1-3H3,(H2,26,27,28). The van der Waals surface area contributed by atoms with Crippen LogP contribution in [0.1, 0.15) is 43.0 Å². The molecule has 2 atom stereocenters. The fourth-order valence-corrected chi connectivity index (χ4v) is 3.85. The van der Waals surface area contributed by atoms with Crippen LogP contribution in [0.4, 0.5) is 0 Å². The average Bonchev–Trinajstić information content (AvgIpc) is 3.33. The van der Waals surface area contributed by atoms with Gasteiger partial charge in [0.2, 0.25) is 5.91 Å². The van der Waals surface area contributed by atoms with E-state index >= 15 is 0 Å². The second-order valence-electron chi connectivity index (χ2n) is 8.28. The maximum Gasteiger partial charge on any atom is 0.243 e. The second kappa shape index (κ2) is 11.5. The SMILES string of the molecule is CC(NC(=NCC(=O)N(C)C)NCC(c1ccccc1)N1CCCC1)c1ccccc1. The third-order valence-corrected chi connectivity index (χ3v) is 5.75. The van der Waals surface area contributed by atoms with E-state index in [1.54, 1.807) is 19.0 Å². The first-order valence-electron chi connectivity index (χ1n) is 11.1. The fraction of sp³-hybridized carbons (Fsp3) is 0.440. The Morgan fingerprint density at radius 3 is 2.16 bits per heavy atom. The number of likely N-dealkylation sites (N-methyl/N-ethyl adjacent to an activating group) is 1. The molecular formula is C25H35N5O. The number of likely N-dealkylation sites (tertiary alicyclic amines) is 1. The normalized spacial score (nSPS) is 16.5. The maximum atomic E-state index is 12.1. The van der Waals surface area contributed by atoms with E-state index in [0.717, 1.165) is 19.6 Å². The van der Waals surface area contributed by atoms with Crippen LogP contribution in [-0.4, -0.2) is 61.9 Å². The first kappa shape index (κ1) is 22.8. The molecule has 0 radical (unpaired) electrons. The summed E-state index contributed by atoms with van der Waals surface area (Å²) in [5.74, 6) is 0.638. The highest BCUT2D eigenvalue weighted by atomic mass is 16.2. The van der Waals surface area contributed by atoms with E-state index in [4.69, 9.17) is 0 Å². The van der Waals surface area contributed by atoms with Gasteiger partial charge in [0, 0.05) is 20.6 Å². The van der Waals surface area contributed by atoms with Gasteiger partial charge in [-0.1, -0.05) is 60.7 Å². The zero-order chi connectivity index (χ0) is 22.1. The topological polar surface area (TPSA) is 60.0 Å². The molecule has 0 saturated carbocycles.